The maximum absolute atomic E-state index is 14.0. The molecule has 1 N–H and O–H groups in total. The van der Waals surface area contributed by atoms with E-state index in [9.17, 15) is 13.6 Å². The van der Waals surface area contributed by atoms with Crippen molar-refractivity contribution in [1.29, 1.82) is 0 Å². The van der Waals surface area contributed by atoms with E-state index in [4.69, 9.17) is 12.2 Å². The number of H-pyrrole nitrogens is 1. The SMILES string of the molecule is O=c1c2c3c(sc2[nH]c(=S)n1-c1ccc(F)cc1F)CCC3. The third-order valence-corrected chi connectivity index (χ3v) is 5.40. The highest BCUT2D eigenvalue weighted by Crippen LogP contribution is 2.34. The van der Waals surface area contributed by atoms with Crippen LogP contribution in [-0.2, 0) is 12.8 Å². The van der Waals surface area contributed by atoms with Gasteiger partial charge in [0, 0.05) is 10.9 Å². The zero-order valence-electron chi connectivity index (χ0n) is 11.3. The first kappa shape index (κ1) is 13.8. The van der Waals surface area contributed by atoms with E-state index in [-0.39, 0.29) is 16.0 Å². The second kappa shape index (κ2) is 4.82. The standard InChI is InChI=1S/C15H10F2N2OS2/c16-7-4-5-10(9(17)6-7)19-14(20)12-8-2-1-3-11(8)22-13(12)18-15(19)21/h4-6H,1-3H2,(H,18,21). The van der Waals surface area contributed by atoms with E-state index in [0.29, 0.717) is 5.39 Å². The second-order valence-corrected chi connectivity index (χ2v) is 6.72. The second-order valence-electron chi connectivity index (χ2n) is 5.23. The van der Waals surface area contributed by atoms with Crippen molar-refractivity contribution in [2.45, 2.75) is 19.3 Å². The molecule has 0 saturated heterocycles. The molecule has 0 amide bonds. The van der Waals surface area contributed by atoms with Gasteiger partial charge in [0.05, 0.1) is 11.1 Å². The number of benzene rings is 1. The summed E-state index contributed by atoms with van der Waals surface area (Å²) >= 11 is 6.74. The van der Waals surface area contributed by atoms with Crippen molar-refractivity contribution in [2.75, 3.05) is 0 Å². The topological polar surface area (TPSA) is 37.8 Å². The molecule has 0 saturated carbocycles. The molecule has 1 aliphatic carbocycles. The molecule has 0 bridgehead atoms. The quantitative estimate of drug-likeness (QED) is 0.685. The molecule has 1 aromatic carbocycles. The molecule has 0 radical (unpaired) electrons. The summed E-state index contributed by atoms with van der Waals surface area (Å²) in [5.74, 6) is -1.51. The Kier molecular flexibility index (Phi) is 3.02. The van der Waals surface area contributed by atoms with Gasteiger partial charge in [-0.1, -0.05) is 0 Å². The molecular weight excluding hydrogens is 326 g/mol. The summed E-state index contributed by atoms with van der Waals surface area (Å²) in [4.78, 5) is 17.8. The third kappa shape index (κ3) is 1.89. The average molecular weight is 336 g/mol. The van der Waals surface area contributed by atoms with Gasteiger partial charge in [-0.2, -0.15) is 0 Å². The average Bonchev–Trinajstić information content (AvgIpc) is 3.00. The highest BCUT2D eigenvalue weighted by atomic mass is 32.1. The number of nitrogens with zero attached hydrogens (tertiary/aromatic N) is 1. The Morgan fingerprint density at radius 1 is 1.27 bits per heavy atom. The maximum Gasteiger partial charge on any atom is 0.268 e. The predicted molar refractivity (Wildman–Crippen MR) is 84.5 cm³/mol. The molecule has 1 aliphatic rings. The molecule has 0 aliphatic heterocycles. The highest BCUT2D eigenvalue weighted by molar-refractivity contribution is 7.71. The van der Waals surface area contributed by atoms with Gasteiger partial charge in [-0.05, 0) is 49.2 Å². The Morgan fingerprint density at radius 2 is 2.09 bits per heavy atom. The largest absolute Gasteiger partial charge is 0.323 e. The van der Waals surface area contributed by atoms with E-state index >= 15 is 0 Å². The van der Waals surface area contributed by atoms with Crippen LogP contribution >= 0.6 is 23.6 Å². The summed E-state index contributed by atoms with van der Waals surface area (Å²) in [7, 11) is 0. The Bertz CT molecular complexity index is 1030. The first-order chi connectivity index (χ1) is 10.6. The summed E-state index contributed by atoms with van der Waals surface area (Å²) in [6, 6.07) is 3.09. The van der Waals surface area contributed by atoms with Crippen LogP contribution in [0, 0.1) is 16.4 Å². The fourth-order valence-corrected chi connectivity index (χ4v) is 4.59. The molecule has 4 rings (SSSR count). The van der Waals surface area contributed by atoms with E-state index < -0.39 is 11.6 Å². The van der Waals surface area contributed by atoms with E-state index in [1.165, 1.54) is 22.3 Å². The summed E-state index contributed by atoms with van der Waals surface area (Å²) < 4.78 is 28.3. The molecule has 0 atom stereocenters. The van der Waals surface area contributed by atoms with Crippen LogP contribution in [0.4, 0.5) is 8.78 Å². The van der Waals surface area contributed by atoms with Crippen LogP contribution in [0.2, 0.25) is 0 Å². The Morgan fingerprint density at radius 3 is 2.86 bits per heavy atom. The van der Waals surface area contributed by atoms with Gasteiger partial charge < -0.3 is 4.98 Å². The molecule has 0 spiro atoms. The highest BCUT2D eigenvalue weighted by Gasteiger charge is 2.22. The molecule has 22 heavy (non-hydrogen) atoms. The number of fused-ring (bicyclic) bond motifs is 3. The molecule has 3 nitrogen and oxygen atoms in total. The van der Waals surface area contributed by atoms with Crippen molar-refractivity contribution in [1.82, 2.24) is 9.55 Å². The van der Waals surface area contributed by atoms with E-state index in [0.717, 1.165) is 46.4 Å². The van der Waals surface area contributed by atoms with Crippen molar-refractivity contribution in [2.24, 2.45) is 0 Å². The molecule has 112 valence electrons. The zero-order valence-corrected chi connectivity index (χ0v) is 12.9. The number of nitrogens with one attached hydrogen (secondary N) is 1. The fraction of sp³-hybridized carbons (Fsp3) is 0.200. The van der Waals surface area contributed by atoms with Crippen LogP contribution in [0.25, 0.3) is 15.9 Å². The third-order valence-electron chi connectivity index (χ3n) is 3.91. The van der Waals surface area contributed by atoms with E-state index in [1.54, 1.807) is 0 Å². The number of rotatable bonds is 1. The summed E-state index contributed by atoms with van der Waals surface area (Å²) in [5, 5.41) is 0.579. The molecule has 2 heterocycles. The van der Waals surface area contributed by atoms with Crippen LogP contribution in [-0.4, -0.2) is 9.55 Å². The van der Waals surface area contributed by atoms with Crippen molar-refractivity contribution < 1.29 is 8.78 Å². The van der Waals surface area contributed by atoms with Gasteiger partial charge >= 0.3 is 0 Å². The number of aryl methyl sites for hydroxylation is 2. The lowest BCUT2D eigenvalue weighted by molar-refractivity contribution is 0.576. The minimum atomic E-state index is -0.812. The van der Waals surface area contributed by atoms with Gasteiger partial charge in [0.15, 0.2) is 4.77 Å². The van der Waals surface area contributed by atoms with Gasteiger partial charge in [-0.25, -0.2) is 13.3 Å². The number of hydrogen-bond acceptors (Lipinski definition) is 3. The maximum atomic E-state index is 14.0. The van der Waals surface area contributed by atoms with Crippen LogP contribution in [0.1, 0.15) is 16.9 Å². The molecule has 7 heteroatoms. The van der Waals surface area contributed by atoms with E-state index in [1.807, 2.05) is 0 Å². The number of aromatic nitrogens is 2. The number of halogens is 2. The summed E-state index contributed by atoms with van der Waals surface area (Å²) in [5.41, 5.74) is 0.656. The minimum absolute atomic E-state index is 0.0347. The minimum Gasteiger partial charge on any atom is -0.323 e. The molecule has 0 fully saturated rings. The molecule has 0 unspecified atom stereocenters. The fourth-order valence-electron chi connectivity index (χ4n) is 2.96. The first-order valence-electron chi connectivity index (χ1n) is 6.81. The molecule has 3 aromatic rings. The smallest absolute Gasteiger partial charge is 0.268 e. The van der Waals surface area contributed by atoms with Gasteiger partial charge in [-0.15, -0.1) is 11.3 Å². The molecular formula is C15H10F2N2OS2. The van der Waals surface area contributed by atoms with Crippen molar-refractivity contribution in [3.8, 4) is 5.69 Å². The van der Waals surface area contributed by atoms with Crippen LogP contribution in [0.15, 0.2) is 23.0 Å². The Hall–Kier alpha value is -1.86. The van der Waals surface area contributed by atoms with Crippen molar-refractivity contribution in [3.63, 3.8) is 0 Å². The van der Waals surface area contributed by atoms with Crippen molar-refractivity contribution >= 4 is 33.8 Å². The monoisotopic (exact) mass is 336 g/mol. The Balaban J connectivity index is 2.10. The first-order valence-corrected chi connectivity index (χ1v) is 8.04. The predicted octanol–water partition coefficient (Wildman–Crippen LogP) is 3.88. The zero-order chi connectivity index (χ0) is 15.4. The lowest BCUT2D eigenvalue weighted by Crippen LogP contribution is -2.21. The lowest BCUT2D eigenvalue weighted by Gasteiger charge is -2.08. The number of aromatic amines is 1. The van der Waals surface area contributed by atoms with Gasteiger partial charge in [0.25, 0.3) is 5.56 Å². The normalized spacial score (nSPS) is 13.7. The Labute approximate surface area is 132 Å². The molecule has 2 aromatic heterocycles. The van der Waals surface area contributed by atoms with Gasteiger partial charge in [0.2, 0.25) is 0 Å². The van der Waals surface area contributed by atoms with E-state index in [2.05, 4.69) is 4.98 Å². The summed E-state index contributed by atoms with van der Waals surface area (Å²) in [6.45, 7) is 0. The number of hydrogen-bond donors (Lipinski definition) is 1. The van der Waals surface area contributed by atoms with Gasteiger partial charge in [-0.3, -0.25) is 4.79 Å². The van der Waals surface area contributed by atoms with Crippen LogP contribution < -0.4 is 5.56 Å². The lowest BCUT2D eigenvalue weighted by atomic mass is 10.2. The van der Waals surface area contributed by atoms with Crippen LogP contribution in [0.5, 0.6) is 0 Å². The van der Waals surface area contributed by atoms with Crippen molar-refractivity contribution in [3.05, 3.63) is 55.4 Å². The van der Waals surface area contributed by atoms with Crippen LogP contribution in [0.3, 0.4) is 0 Å². The van der Waals surface area contributed by atoms with Gasteiger partial charge in [0.1, 0.15) is 16.5 Å². The summed E-state index contributed by atoms with van der Waals surface area (Å²) in [6.07, 6.45) is 2.83. The number of thiophene rings is 1.